The molecule has 0 saturated carbocycles. The Hall–Kier alpha value is -1.03. The molecule has 0 amide bonds. The number of aromatic nitrogens is 2. The van der Waals surface area contributed by atoms with E-state index >= 15 is 0 Å². The smallest absolute Gasteiger partial charge is 0.287 e. The lowest BCUT2D eigenvalue weighted by Crippen LogP contribution is -2.32. The van der Waals surface area contributed by atoms with Gasteiger partial charge in [-0.1, -0.05) is 18.5 Å². The van der Waals surface area contributed by atoms with E-state index in [1.54, 1.807) is 6.20 Å². The van der Waals surface area contributed by atoms with E-state index < -0.39 is 0 Å². The standard InChI is InChI=1S/C12H20ClN3O/c1-6-12(4,5)15-9-7-14-16(8(2)3)11(17)10(9)13/h7-8,15H,6H2,1-5H3. The number of hydrogen-bond donors (Lipinski definition) is 1. The summed E-state index contributed by atoms with van der Waals surface area (Å²) in [5, 5.41) is 7.55. The van der Waals surface area contributed by atoms with E-state index in [1.165, 1.54) is 4.68 Å². The third-order valence-electron chi connectivity index (χ3n) is 2.79. The second kappa shape index (κ2) is 5.08. The van der Waals surface area contributed by atoms with Gasteiger partial charge in [0.2, 0.25) is 0 Å². The van der Waals surface area contributed by atoms with Crippen molar-refractivity contribution in [3.8, 4) is 0 Å². The summed E-state index contributed by atoms with van der Waals surface area (Å²) in [7, 11) is 0. The normalized spacial score (nSPS) is 11.9. The SMILES string of the molecule is CCC(C)(C)Nc1cnn(C(C)C)c(=O)c1Cl. The molecule has 1 heterocycles. The van der Waals surface area contributed by atoms with Crippen LogP contribution in [0.1, 0.15) is 47.1 Å². The van der Waals surface area contributed by atoms with Gasteiger partial charge in [-0.15, -0.1) is 0 Å². The maximum absolute atomic E-state index is 11.9. The van der Waals surface area contributed by atoms with Gasteiger partial charge in [0.1, 0.15) is 5.02 Å². The predicted molar refractivity (Wildman–Crippen MR) is 71.9 cm³/mol. The Bertz CT molecular complexity index is 452. The van der Waals surface area contributed by atoms with Gasteiger partial charge in [0.25, 0.3) is 5.56 Å². The topological polar surface area (TPSA) is 46.9 Å². The van der Waals surface area contributed by atoms with Crippen LogP contribution in [-0.2, 0) is 0 Å². The third kappa shape index (κ3) is 3.22. The highest BCUT2D eigenvalue weighted by Crippen LogP contribution is 2.22. The predicted octanol–water partition coefficient (Wildman–Crippen LogP) is 3.08. The van der Waals surface area contributed by atoms with Crippen LogP contribution in [0.5, 0.6) is 0 Å². The van der Waals surface area contributed by atoms with Gasteiger partial charge >= 0.3 is 0 Å². The molecule has 5 heteroatoms. The Labute approximate surface area is 107 Å². The molecule has 1 aromatic rings. The molecule has 0 spiro atoms. The fourth-order valence-corrected chi connectivity index (χ4v) is 1.54. The highest BCUT2D eigenvalue weighted by atomic mass is 35.5. The van der Waals surface area contributed by atoms with Gasteiger partial charge in [0.15, 0.2) is 0 Å². The number of halogens is 1. The Morgan fingerprint density at radius 3 is 2.59 bits per heavy atom. The summed E-state index contributed by atoms with van der Waals surface area (Å²) in [6, 6.07) is 0.00763. The van der Waals surface area contributed by atoms with Gasteiger partial charge in [-0.25, -0.2) is 4.68 Å². The lowest BCUT2D eigenvalue weighted by Gasteiger charge is -2.26. The molecule has 0 bridgehead atoms. The average molecular weight is 258 g/mol. The van der Waals surface area contributed by atoms with Crippen molar-refractivity contribution in [2.75, 3.05) is 5.32 Å². The molecular weight excluding hydrogens is 238 g/mol. The van der Waals surface area contributed by atoms with Gasteiger partial charge in [0.05, 0.1) is 17.9 Å². The summed E-state index contributed by atoms with van der Waals surface area (Å²) in [5.41, 5.74) is 0.237. The zero-order valence-electron chi connectivity index (χ0n) is 11.0. The molecule has 0 saturated heterocycles. The van der Waals surface area contributed by atoms with Gasteiger partial charge in [-0.2, -0.15) is 5.10 Å². The van der Waals surface area contributed by atoms with Crippen molar-refractivity contribution < 1.29 is 0 Å². The highest BCUT2D eigenvalue weighted by molar-refractivity contribution is 6.32. The van der Waals surface area contributed by atoms with E-state index in [2.05, 4.69) is 31.2 Å². The second-order valence-electron chi connectivity index (χ2n) is 5.08. The highest BCUT2D eigenvalue weighted by Gasteiger charge is 2.18. The molecule has 0 atom stereocenters. The largest absolute Gasteiger partial charge is 0.378 e. The molecule has 4 nitrogen and oxygen atoms in total. The van der Waals surface area contributed by atoms with E-state index in [-0.39, 0.29) is 22.2 Å². The molecule has 0 radical (unpaired) electrons. The minimum atomic E-state index is -0.251. The first-order chi connectivity index (χ1) is 7.78. The maximum Gasteiger partial charge on any atom is 0.287 e. The first kappa shape index (κ1) is 14.0. The number of nitrogens with one attached hydrogen (secondary N) is 1. The molecule has 17 heavy (non-hydrogen) atoms. The third-order valence-corrected chi connectivity index (χ3v) is 3.15. The summed E-state index contributed by atoms with van der Waals surface area (Å²) in [6.45, 7) is 9.97. The molecular formula is C12H20ClN3O. The fraction of sp³-hybridized carbons (Fsp3) is 0.667. The fourth-order valence-electron chi connectivity index (χ4n) is 1.35. The average Bonchev–Trinajstić information content (AvgIpc) is 2.24. The van der Waals surface area contributed by atoms with Crippen LogP contribution in [0.15, 0.2) is 11.0 Å². The van der Waals surface area contributed by atoms with Crippen molar-refractivity contribution in [2.24, 2.45) is 0 Å². The van der Waals surface area contributed by atoms with Crippen LogP contribution in [-0.4, -0.2) is 15.3 Å². The van der Waals surface area contributed by atoms with Crippen molar-refractivity contribution in [2.45, 2.75) is 52.6 Å². The van der Waals surface area contributed by atoms with Crippen molar-refractivity contribution in [1.82, 2.24) is 9.78 Å². The van der Waals surface area contributed by atoms with Crippen molar-refractivity contribution in [3.63, 3.8) is 0 Å². The number of hydrogen-bond acceptors (Lipinski definition) is 3. The molecule has 0 aliphatic rings. The molecule has 96 valence electrons. The summed E-state index contributed by atoms with van der Waals surface area (Å²) in [6.07, 6.45) is 2.54. The van der Waals surface area contributed by atoms with E-state index in [0.717, 1.165) is 6.42 Å². The van der Waals surface area contributed by atoms with Crippen LogP contribution in [0.25, 0.3) is 0 Å². The van der Waals surface area contributed by atoms with Crippen LogP contribution in [0.2, 0.25) is 5.02 Å². The van der Waals surface area contributed by atoms with Crippen LogP contribution >= 0.6 is 11.6 Å². The second-order valence-corrected chi connectivity index (χ2v) is 5.46. The summed E-state index contributed by atoms with van der Waals surface area (Å²) in [4.78, 5) is 11.9. The number of nitrogens with zero attached hydrogens (tertiary/aromatic N) is 2. The summed E-state index contributed by atoms with van der Waals surface area (Å²) < 4.78 is 1.38. The zero-order valence-corrected chi connectivity index (χ0v) is 11.8. The molecule has 0 fully saturated rings. The van der Waals surface area contributed by atoms with Gasteiger partial charge in [-0.3, -0.25) is 4.79 Å². The monoisotopic (exact) mass is 257 g/mol. The molecule has 1 N–H and O–H groups in total. The van der Waals surface area contributed by atoms with Gasteiger partial charge in [0, 0.05) is 5.54 Å². The quantitative estimate of drug-likeness (QED) is 0.902. The van der Waals surface area contributed by atoms with E-state index in [1.807, 2.05) is 13.8 Å². The Balaban J connectivity index is 3.14. The first-order valence-corrected chi connectivity index (χ1v) is 6.22. The van der Waals surface area contributed by atoms with Crippen molar-refractivity contribution in [3.05, 3.63) is 21.6 Å². The minimum Gasteiger partial charge on any atom is -0.378 e. The maximum atomic E-state index is 11.9. The molecule has 0 aliphatic heterocycles. The van der Waals surface area contributed by atoms with Crippen LogP contribution < -0.4 is 10.9 Å². The van der Waals surface area contributed by atoms with E-state index in [0.29, 0.717) is 5.69 Å². The summed E-state index contributed by atoms with van der Waals surface area (Å²) in [5.74, 6) is 0. The Kier molecular flexibility index (Phi) is 4.20. The van der Waals surface area contributed by atoms with E-state index in [9.17, 15) is 4.79 Å². The van der Waals surface area contributed by atoms with Crippen LogP contribution in [0.3, 0.4) is 0 Å². The number of anilines is 1. The zero-order chi connectivity index (χ0) is 13.2. The van der Waals surface area contributed by atoms with E-state index in [4.69, 9.17) is 11.6 Å². The summed E-state index contributed by atoms with van der Waals surface area (Å²) >= 11 is 6.07. The van der Waals surface area contributed by atoms with Crippen molar-refractivity contribution >= 4 is 17.3 Å². The molecule has 1 rings (SSSR count). The Morgan fingerprint density at radius 1 is 1.53 bits per heavy atom. The lowest BCUT2D eigenvalue weighted by atomic mass is 10.0. The van der Waals surface area contributed by atoms with Gasteiger partial charge < -0.3 is 5.32 Å². The molecule has 0 aromatic carbocycles. The Morgan fingerprint density at radius 2 is 2.12 bits per heavy atom. The van der Waals surface area contributed by atoms with Crippen LogP contribution in [0.4, 0.5) is 5.69 Å². The lowest BCUT2D eigenvalue weighted by molar-refractivity contribution is 0.500. The molecule has 0 aliphatic carbocycles. The minimum absolute atomic E-state index is 0.00763. The van der Waals surface area contributed by atoms with Gasteiger partial charge in [-0.05, 0) is 34.1 Å². The van der Waals surface area contributed by atoms with Crippen LogP contribution in [0, 0.1) is 0 Å². The number of rotatable bonds is 4. The molecule has 1 aromatic heterocycles. The van der Waals surface area contributed by atoms with Crippen molar-refractivity contribution in [1.29, 1.82) is 0 Å². The first-order valence-electron chi connectivity index (χ1n) is 5.84. The molecule has 0 unspecified atom stereocenters.